The number of ether oxygens (including phenoxy) is 3. The van der Waals surface area contributed by atoms with Crippen LogP contribution in [0, 0.1) is 0 Å². The zero-order valence-corrected chi connectivity index (χ0v) is 20.5. The average molecular weight is 484 g/mol. The number of amides is 1. The first kappa shape index (κ1) is 23.7. The second kappa shape index (κ2) is 9.90. The van der Waals surface area contributed by atoms with Crippen LogP contribution in [-0.2, 0) is 4.79 Å². The number of carbonyl (C=O) groups excluding carboxylic acids is 2. The Balaban J connectivity index is 1.38. The summed E-state index contributed by atoms with van der Waals surface area (Å²) in [6, 6.07) is 23.0. The monoisotopic (exact) mass is 483 g/mol. The number of hydrogen-bond donors (Lipinski definition) is 0. The van der Waals surface area contributed by atoms with Gasteiger partial charge >= 0.3 is 0 Å². The van der Waals surface area contributed by atoms with Gasteiger partial charge in [-0.1, -0.05) is 60.7 Å². The summed E-state index contributed by atoms with van der Waals surface area (Å²) in [5, 5.41) is 0. The van der Waals surface area contributed by atoms with Gasteiger partial charge in [0.05, 0.1) is 20.6 Å². The highest BCUT2D eigenvalue weighted by Crippen LogP contribution is 2.45. The second-order valence-corrected chi connectivity index (χ2v) is 9.21. The zero-order valence-electron chi connectivity index (χ0n) is 20.5. The average Bonchev–Trinajstić information content (AvgIpc) is 2.92. The third-order valence-electron chi connectivity index (χ3n) is 6.97. The van der Waals surface area contributed by atoms with E-state index in [0.717, 1.165) is 11.1 Å². The van der Waals surface area contributed by atoms with E-state index in [-0.39, 0.29) is 18.1 Å². The van der Waals surface area contributed by atoms with Crippen LogP contribution in [0.25, 0.3) is 11.6 Å². The lowest BCUT2D eigenvalue weighted by molar-refractivity contribution is -0.128. The van der Waals surface area contributed by atoms with Crippen LogP contribution in [0.5, 0.6) is 17.2 Å². The van der Waals surface area contributed by atoms with E-state index >= 15 is 0 Å². The van der Waals surface area contributed by atoms with E-state index in [4.69, 9.17) is 14.2 Å². The molecular weight excluding hydrogens is 454 g/mol. The maximum Gasteiger partial charge on any atom is 0.254 e. The summed E-state index contributed by atoms with van der Waals surface area (Å²) >= 11 is 0. The van der Waals surface area contributed by atoms with Crippen molar-refractivity contribution in [3.63, 3.8) is 0 Å². The van der Waals surface area contributed by atoms with E-state index < -0.39 is 5.60 Å². The molecule has 3 aromatic carbocycles. The van der Waals surface area contributed by atoms with Gasteiger partial charge in [0.2, 0.25) is 0 Å². The summed E-state index contributed by atoms with van der Waals surface area (Å²) in [4.78, 5) is 28.7. The molecule has 1 saturated heterocycles. The Bertz CT molecular complexity index is 1290. The molecule has 0 unspecified atom stereocenters. The molecule has 0 atom stereocenters. The standard InChI is InChI=1S/C30H29NO5/c1-34-23-18-26(35-2)28-25(32)20-30(36-27(28)19-23)13-15-31(16-14-30)29(33)24(22-11-7-4-8-12-22)17-21-9-5-3-6-10-21/h3-12,17-19H,13-16,20H2,1-2H3/b24-17-. The Morgan fingerprint density at radius 2 is 1.61 bits per heavy atom. The second-order valence-electron chi connectivity index (χ2n) is 9.21. The molecule has 36 heavy (non-hydrogen) atoms. The van der Waals surface area contributed by atoms with Crippen LogP contribution in [0.2, 0.25) is 0 Å². The Morgan fingerprint density at radius 1 is 0.944 bits per heavy atom. The molecule has 0 aliphatic carbocycles. The lowest BCUT2D eigenvalue weighted by Crippen LogP contribution is -2.52. The molecule has 0 aromatic heterocycles. The lowest BCUT2D eigenvalue weighted by Gasteiger charge is -2.44. The van der Waals surface area contributed by atoms with Crippen LogP contribution in [-0.4, -0.2) is 49.5 Å². The minimum atomic E-state index is -0.645. The van der Waals surface area contributed by atoms with E-state index in [9.17, 15) is 9.59 Å². The van der Waals surface area contributed by atoms with Crippen LogP contribution in [0.1, 0.15) is 40.7 Å². The predicted octanol–water partition coefficient (Wildman–Crippen LogP) is 5.27. The number of rotatable bonds is 5. The minimum Gasteiger partial charge on any atom is -0.496 e. The van der Waals surface area contributed by atoms with Gasteiger partial charge in [-0.25, -0.2) is 0 Å². The zero-order chi connectivity index (χ0) is 25.1. The first-order valence-electron chi connectivity index (χ1n) is 12.1. The molecule has 0 N–H and O–H groups in total. The maximum absolute atomic E-state index is 13.7. The van der Waals surface area contributed by atoms with Crippen LogP contribution in [0.3, 0.4) is 0 Å². The molecule has 5 rings (SSSR count). The number of likely N-dealkylation sites (tertiary alicyclic amines) is 1. The summed E-state index contributed by atoms with van der Waals surface area (Å²) in [7, 11) is 3.10. The Labute approximate surface area is 211 Å². The van der Waals surface area contributed by atoms with Crippen molar-refractivity contribution >= 4 is 23.3 Å². The SMILES string of the molecule is COc1cc(OC)c2c(c1)OC1(CCN(C(=O)/C(=C\c3ccccc3)c3ccccc3)CC1)CC2=O. The van der Waals surface area contributed by atoms with E-state index in [1.54, 1.807) is 19.2 Å². The largest absolute Gasteiger partial charge is 0.496 e. The molecular formula is C30H29NO5. The summed E-state index contributed by atoms with van der Waals surface area (Å²) in [6.07, 6.45) is 3.33. The number of nitrogens with zero attached hydrogens (tertiary/aromatic N) is 1. The molecule has 0 bridgehead atoms. The van der Waals surface area contributed by atoms with Crippen molar-refractivity contribution in [3.8, 4) is 17.2 Å². The molecule has 6 heteroatoms. The molecule has 2 aliphatic heterocycles. The number of carbonyl (C=O) groups is 2. The van der Waals surface area contributed by atoms with Gasteiger partial charge in [0.1, 0.15) is 28.4 Å². The quantitative estimate of drug-likeness (QED) is 0.365. The van der Waals surface area contributed by atoms with Gasteiger partial charge in [-0.05, 0) is 17.2 Å². The number of ketones is 1. The maximum atomic E-state index is 13.7. The van der Waals surface area contributed by atoms with Crippen LogP contribution >= 0.6 is 0 Å². The molecule has 6 nitrogen and oxygen atoms in total. The van der Waals surface area contributed by atoms with Crippen molar-refractivity contribution in [2.75, 3.05) is 27.3 Å². The van der Waals surface area contributed by atoms with Crippen molar-refractivity contribution in [1.82, 2.24) is 4.90 Å². The Kier molecular flexibility index (Phi) is 6.51. The highest BCUT2D eigenvalue weighted by Gasteiger charge is 2.45. The summed E-state index contributed by atoms with van der Waals surface area (Å²) in [6.45, 7) is 1.00. The fourth-order valence-electron chi connectivity index (χ4n) is 5.02. The summed E-state index contributed by atoms with van der Waals surface area (Å²) < 4.78 is 17.2. The minimum absolute atomic E-state index is 0.00974. The predicted molar refractivity (Wildman–Crippen MR) is 138 cm³/mol. The van der Waals surface area contributed by atoms with Gasteiger partial charge in [-0.3, -0.25) is 9.59 Å². The molecule has 1 amide bonds. The van der Waals surface area contributed by atoms with Crippen molar-refractivity contribution in [2.24, 2.45) is 0 Å². The first-order chi connectivity index (χ1) is 17.5. The van der Waals surface area contributed by atoms with Gasteiger partial charge in [-0.15, -0.1) is 0 Å². The van der Waals surface area contributed by atoms with Gasteiger partial charge in [0.15, 0.2) is 5.78 Å². The number of Topliss-reactive ketones (excluding diaryl/α,β-unsaturated/α-hetero) is 1. The summed E-state index contributed by atoms with van der Waals surface area (Å²) in [5.74, 6) is 1.48. The third-order valence-corrected chi connectivity index (χ3v) is 6.97. The lowest BCUT2D eigenvalue weighted by atomic mass is 9.82. The van der Waals surface area contributed by atoms with Gasteiger partial charge < -0.3 is 19.1 Å². The van der Waals surface area contributed by atoms with Gasteiger partial charge in [0.25, 0.3) is 5.91 Å². The number of fused-ring (bicyclic) bond motifs is 1. The number of methoxy groups -OCH3 is 2. The molecule has 0 saturated carbocycles. The summed E-state index contributed by atoms with van der Waals surface area (Å²) in [5.41, 5.74) is 2.31. The fraction of sp³-hybridized carbons (Fsp3) is 0.267. The highest BCUT2D eigenvalue weighted by molar-refractivity contribution is 6.24. The van der Waals surface area contributed by atoms with Crippen molar-refractivity contribution < 1.29 is 23.8 Å². The smallest absolute Gasteiger partial charge is 0.254 e. The van der Waals surface area contributed by atoms with E-state index in [1.807, 2.05) is 71.6 Å². The third kappa shape index (κ3) is 4.59. The molecule has 3 aromatic rings. The molecule has 0 radical (unpaired) electrons. The number of benzene rings is 3. The Morgan fingerprint density at radius 3 is 2.25 bits per heavy atom. The van der Waals surface area contributed by atoms with Gasteiger partial charge in [-0.2, -0.15) is 0 Å². The number of piperidine rings is 1. The Hall–Kier alpha value is -4.06. The van der Waals surface area contributed by atoms with Crippen molar-refractivity contribution in [3.05, 3.63) is 89.5 Å². The molecule has 2 heterocycles. The first-order valence-corrected chi connectivity index (χ1v) is 12.1. The van der Waals surface area contributed by atoms with E-state index in [0.29, 0.717) is 54.3 Å². The highest BCUT2D eigenvalue weighted by atomic mass is 16.5. The van der Waals surface area contributed by atoms with Gasteiger partial charge in [0, 0.05) is 43.6 Å². The molecule has 1 fully saturated rings. The fourth-order valence-corrected chi connectivity index (χ4v) is 5.02. The molecule has 1 spiro atoms. The van der Waals surface area contributed by atoms with E-state index in [2.05, 4.69) is 0 Å². The number of hydrogen-bond acceptors (Lipinski definition) is 5. The van der Waals surface area contributed by atoms with Crippen LogP contribution in [0.4, 0.5) is 0 Å². The van der Waals surface area contributed by atoms with Crippen LogP contribution in [0.15, 0.2) is 72.8 Å². The molecule has 2 aliphatic rings. The van der Waals surface area contributed by atoms with Crippen molar-refractivity contribution in [1.29, 1.82) is 0 Å². The topological polar surface area (TPSA) is 65.1 Å². The van der Waals surface area contributed by atoms with Crippen molar-refractivity contribution in [2.45, 2.75) is 24.9 Å². The van der Waals surface area contributed by atoms with E-state index in [1.165, 1.54) is 7.11 Å². The normalized spacial score (nSPS) is 16.8. The van der Waals surface area contributed by atoms with Crippen LogP contribution < -0.4 is 14.2 Å². The molecule has 184 valence electrons.